The predicted molar refractivity (Wildman–Crippen MR) is 112 cm³/mol. The summed E-state index contributed by atoms with van der Waals surface area (Å²) in [5.41, 5.74) is 5.52. The van der Waals surface area contributed by atoms with Crippen molar-refractivity contribution in [3.8, 4) is 0 Å². The fourth-order valence-electron chi connectivity index (χ4n) is 2.91. The second-order valence-corrected chi connectivity index (χ2v) is 8.84. The van der Waals surface area contributed by atoms with E-state index in [1.54, 1.807) is 0 Å². The van der Waals surface area contributed by atoms with Gasteiger partial charge in [-0.05, 0) is 77.2 Å². The zero-order chi connectivity index (χ0) is 17.1. The molecule has 0 aliphatic heterocycles. The van der Waals surface area contributed by atoms with E-state index in [2.05, 4.69) is 88.4 Å². The van der Waals surface area contributed by atoms with Gasteiger partial charge in [0.15, 0.2) is 0 Å². The average molecular weight is 349 g/mol. The van der Waals surface area contributed by atoms with Gasteiger partial charge >= 0.3 is 0 Å². The lowest BCUT2D eigenvalue weighted by molar-refractivity contribution is 1.44. The highest BCUT2D eigenvalue weighted by atomic mass is 31.1. The topological polar surface area (TPSA) is 0 Å². The van der Waals surface area contributed by atoms with Gasteiger partial charge in [0, 0.05) is 0 Å². The van der Waals surface area contributed by atoms with E-state index >= 15 is 0 Å². The van der Waals surface area contributed by atoms with Crippen molar-refractivity contribution in [1.82, 2.24) is 0 Å². The summed E-state index contributed by atoms with van der Waals surface area (Å²) in [4.78, 5) is 0. The smallest absolute Gasteiger partial charge is 0.00157 e. The van der Waals surface area contributed by atoms with Crippen molar-refractivity contribution < 1.29 is 0 Å². The Morgan fingerprint density at radius 3 is 1.25 bits per heavy atom. The van der Waals surface area contributed by atoms with Gasteiger partial charge in [-0.15, -0.1) is 0 Å². The molecule has 121 valence electrons. The van der Waals surface area contributed by atoms with Crippen molar-refractivity contribution in [3.05, 3.63) is 82.9 Å². The molecule has 0 spiro atoms. The van der Waals surface area contributed by atoms with E-state index in [-0.39, 0.29) is 0 Å². The maximum atomic E-state index is 3.67. The minimum absolute atomic E-state index is 0.675. The first kappa shape index (κ1) is 17.3. The quantitative estimate of drug-likeness (QED) is 0.625. The Morgan fingerprint density at radius 2 is 0.875 bits per heavy atom. The van der Waals surface area contributed by atoms with Gasteiger partial charge in [0.05, 0.1) is 0 Å². The molecule has 3 rings (SSSR count). The lowest BCUT2D eigenvalue weighted by Crippen LogP contribution is -2.15. The highest BCUT2D eigenvalue weighted by Crippen LogP contribution is 2.19. The third-order valence-corrected chi connectivity index (χ3v) is 7.48. The van der Waals surface area contributed by atoms with Crippen LogP contribution in [-0.2, 0) is 0 Å². The third-order valence-electron chi connectivity index (χ3n) is 4.28. The Balaban J connectivity index is 1.87. The maximum Gasteiger partial charge on any atom is -0.00157 e. The second-order valence-electron chi connectivity index (χ2n) is 6.26. The fourth-order valence-corrected chi connectivity index (χ4v) is 5.45. The van der Waals surface area contributed by atoms with Gasteiger partial charge in [0.25, 0.3) is 0 Å². The average Bonchev–Trinajstić information content (AvgIpc) is 2.55. The zero-order valence-electron chi connectivity index (χ0n) is 14.7. The summed E-state index contributed by atoms with van der Waals surface area (Å²) >= 11 is 0. The van der Waals surface area contributed by atoms with E-state index in [1.807, 2.05) is 0 Å². The van der Waals surface area contributed by atoms with Crippen molar-refractivity contribution in [2.75, 3.05) is 0 Å². The van der Waals surface area contributed by atoms with Crippen molar-refractivity contribution in [3.63, 3.8) is 0 Å². The predicted octanol–water partition coefficient (Wildman–Crippen LogP) is 3.98. The van der Waals surface area contributed by atoms with Crippen LogP contribution in [0, 0.1) is 33.8 Å². The van der Waals surface area contributed by atoms with Crippen LogP contribution in [0.4, 0.5) is 0 Å². The Kier molecular flexibility index (Phi) is 5.50. The Bertz CT molecular complexity index is 756. The van der Waals surface area contributed by atoms with Crippen LogP contribution in [0.25, 0.3) is 0 Å². The molecule has 0 aromatic heterocycles. The molecule has 2 heteroatoms. The molecule has 0 amide bonds. The molecular formula is C22H23P2. The van der Waals surface area contributed by atoms with Crippen LogP contribution < -0.4 is 21.2 Å². The molecule has 0 heterocycles. The van der Waals surface area contributed by atoms with Crippen LogP contribution in [0.1, 0.15) is 22.3 Å². The molecule has 0 saturated heterocycles. The number of benzene rings is 3. The van der Waals surface area contributed by atoms with Crippen LogP contribution in [0.3, 0.4) is 0 Å². The number of aryl methyl sites for hydroxylation is 4. The fraction of sp³-hybridized carbons (Fsp3) is 0.182. The number of hydrogen-bond acceptors (Lipinski definition) is 0. The Labute approximate surface area is 149 Å². The zero-order valence-corrected chi connectivity index (χ0v) is 16.7. The van der Waals surface area contributed by atoms with Crippen molar-refractivity contribution >= 4 is 38.4 Å². The van der Waals surface area contributed by atoms with Crippen molar-refractivity contribution in [2.45, 2.75) is 27.7 Å². The van der Waals surface area contributed by atoms with Crippen LogP contribution in [0.15, 0.2) is 54.6 Å². The molecule has 0 aliphatic rings. The van der Waals surface area contributed by atoms with E-state index in [1.165, 1.54) is 43.5 Å². The minimum atomic E-state index is 0.675. The standard InChI is InChI=1S/C22H23P2/c1-15-8-5-9-16(2)21(15)23-19-12-7-13-20(14-19)24-22-17(3)10-6-11-18(22)4/h5-13,23-24H,1-4H3. The van der Waals surface area contributed by atoms with Gasteiger partial charge < -0.3 is 0 Å². The molecule has 0 N–H and O–H groups in total. The summed E-state index contributed by atoms with van der Waals surface area (Å²) in [5.74, 6) is 0. The molecule has 0 bridgehead atoms. The van der Waals surface area contributed by atoms with Crippen molar-refractivity contribution in [1.29, 1.82) is 0 Å². The van der Waals surface area contributed by atoms with Gasteiger partial charge in [-0.3, -0.25) is 0 Å². The summed E-state index contributed by atoms with van der Waals surface area (Å²) in [7, 11) is 1.35. The molecule has 2 atom stereocenters. The third kappa shape index (κ3) is 3.94. The molecule has 1 radical (unpaired) electrons. The van der Waals surface area contributed by atoms with Crippen LogP contribution >= 0.6 is 17.2 Å². The van der Waals surface area contributed by atoms with Gasteiger partial charge in [0.2, 0.25) is 0 Å². The maximum absolute atomic E-state index is 3.67. The number of rotatable bonds is 4. The van der Waals surface area contributed by atoms with E-state index in [0.29, 0.717) is 17.2 Å². The van der Waals surface area contributed by atoms with Crippen molar-refractivity contribution in [2.24, 2.45) is 0 Å². The normalized spacial score (nSPS) is 11.8. The Morgan fingerprint density at radius 1 is 0.542 bits per heavy atom. The summed E-state index contributed by atoms with van der Waals surface area (Å²) in [5, 5.41) is 5.54. The van der Waals surface area contributed by atoms with Gasteiger partial charge in [-0.25, -0.2) is 0 Å². The van der Waals surface area contributed by atoms with Crippen LogP contribution in [-0.4, -0.2) is 0 Å². The number of hydrogen-bond donors (Lipinski definition) is 0. The van der Waals surface area contributed by atoms with Gasteiger partial charge in [-0.1, -0.05) is 71.8 Å². The first-order chi connectivity index (χ1) is 11.5. The molecule has 0 fully saturated rings. The molecule has 24 heavy (non-hydrogen) atoms. The van der Waals surface area contributed by atoms with E-state index < -0.39 is 0 Å². The molecule has 3 aromatic carbocycles. The first-order valence-electron chi connectivity index (χ1n) is 8.23. The second kappa shape index (κ2) is 7.60. The highest BCUT2D eigenvalue weighted by Gasteiger charge is 2.07. The summed E-state index contributed by atoms with van der Waals surface area (Å²) in [6, 6.07) is 23.4. The SMILES string of the molecule is Cc1cccc(C)c1Pc1[c]c(Pc2c(C)cccc2C)ccc1. The lowest BCUT2D eigenvalue weighted by Gasteiger charge is -2.12. The minimum Gasteiger partial charge on any atom is -0.0617 e. The molecule has 0 aliphatic carbocycles. The summed E-state index contributed by atoms with van der Waals surface area (Å²) < 4.78 is 0. The lowest BCUT2D eigenvalue weighted by atomic mass is 10.2. The molecule has 2 unspecified atom stereocenters. The monoisotopic (exact) mass is 349 g/mol. The molecular weight excluding hydrogens is 326 g/mol. The van der Waals surface area contributed by atoms with Gasteiger partial charge in [0.1, 0.15) is 0 Å². The van der Waals surface area contributed by atoms with E-state index in [9.17, 15) is 0 Å². The van der Waals surface area contributed by atoms with Crippen LogP contribution in [0.5, 0.6) is 0 Å². The largest absolute Gasteiger partial charge is 0.0617 e. The van der Waals surface area contributed by atoms with E-state index in [4.69, 9.17) is 0 Å². The summed E-state index contributed by atoms with van der Waals surface area (Å²) in [6.45, 7) is 8.82. The highest BCUT2D eigenvalue weighted by molar-refractivity contribution is 7.57. The summed E-state index contributed by atoms with van der Waals surface area (Å²) in [6.07, 6.45) is 0. The molecule has 3 aromatic rings. The van der Waals surface area contributed by atoms with Crippen LogP contribution in [0.2, 0.25) is 0 Å². The molecule has 0 nitrogen and oxygen atoms in total. The molecule has 0 saturated carbocycles. The van der Waals surface area contributed by atoms with E-state index in [0.717, 1.165) is 0 Å². The Hall–Kier alpha value is -1.48. The van der Waals surface area contributed by atoms with Gasteiger partial charge in [-0.2, -0.15) is 0 Å². The first-order valence-corrected chi connectivity index (χ1v) is 10.2.